The van der Waals surface area contributed by atoms with Gasteiger partial charge in [0.1, 0.15) is 5.75 Å². The monoisotopic (exact) mass is 383 g/mol. The number of benzene rings is 3. The summed E-state index contributed by atoms with van der Waals surface area (Å²) in [5, 5.41) is 7.82. The van der Waals surface area contributed by atoms with E-state index in [2.05, 4.69) is 20.6 Å². The number of fused-ring (bicyclic) bond motifs is 2. The number of nitrogens with one attached hydrogen (secondary N) is 2. The van der Waals surface area contributed by atoms with E-state index in [1.807, 2.05) is 54.6 Å². The molecule has 2 heterocycles. The molecular weight excluding hydrogens is 366 g/mol. The second-order valence-electron chi connectivity index (χ2n) is 6.74. The number of amides is 1. The first-order valence-electron chi connectivity index (χ1n) is 9.14. The number of hydrogen-bond acceptors (Lipinski definition) is 6. The van der Waals surface area contributed by atoms with Crippen molar-refractivity contribution in [2.75, 3.05) is 16.4 Å². The van der Waals surface area contributed by atoms with Crippen molar-refractivity contribution in [3.63, 3.8) is 0 Å². The standard InChI is InChI=1S/C22H17N5O2/c23-17-7-8-19(16-4-2-1-3-15(16)17)29-21-9-10-24-22(27-21)25-14-6-5-13-11-20(28)26-18(13)12-14/h1-10,12H,11,23H2,(H,26,28)(H,24,25,27). The fraction of sp³-hybridized carbons (Fsp3) is 0.0455. The highest BCUT2D eigenvalue weighted by Gasteiger charge is 2.17. The van der Waals surface area contributed by atoms with Gasteiger partial charge in [0.15, 0.2) is 0 Å². The summed E-state index contributed by atoms with van der Waals surface area (Å²) in [4.78, 5) is 20.2. The van der Waals surface area contributed by atoms with Gasteiger partial charge < -0.3 is 21.1 Å². The topological polar surface area (TPSA) is 102 Å². The maximum atomic E-state index is 11.5. The first-order valence-corrected chi connectivity index (χ1v) is 9.14. The first-order chi connectivity index (χ1) is 14.2. The highest BCUT2D eigenvalue weighted by atomic mass is 16.5. The van der Waals surface area contributed by atoms with E-state index in [4.69, 9.17) is 10.5 Å². The van der Waals surface area contributed by atoms with E-state index in [9.17, 15) is 4.79 Å². The number of carbonyl (C=O) groups excluding carboxylic acids is 1. The third kappa shape index (κ3) is 3.29. The Labute approximate surface area is 166 Å². The van der Waals surface area contributed by atoms with Crippen molar-refractivity contribution in [2.24, 2.45) is 0 Å². The summed E-state index contributed by atoms with van der Waals surface area (Å²) in [6.45, 7) is 0. The molecule has 5 rings (SSSR count). The zero-order valence-corrected chi connectivity index (χ0v) is 15.3. The molecule has 7 nitrogen and oxygen atoms in total. The summed E-state index contributed by atoms with van der Waals surface area (Å²) in [5.74, 6) is 1.47. The summed E-state index contributed by atoms with van der Waals surface area (Å²) >= 11 is 0. The summed E-state index contributed by atoms with van der Waals surface area (Å²) in [7, 11) is 0. The Morgan fingerprint density at radius 3 is 2.79 bits per heavy atom. The maximum absolute atomic E-state index is 11.5. The van der Waals surface area contributed by atoms with Crippen molar-refractivity contribution >= 4 is 39.7 Å². The molecule has 0 saturated carbocycles. The van der Waals surface area contributed by atoms with Gasteiger partial charge in [0.2, 0.25) is 17.7 Å². The highest BCUT2D eigenvalue weighted by Crippen LogP contribution is 2.33. The van der Waals surface area contributed by atoms with Crippen LogP contribution < -0.4 is 21.1 Å². The molecule has 0 atom stereocenters. The molecular formula is C22H17N5O2. The number of nitrogen functional groups attached to an aromatic ring is 1. The lowest BCUT2D eigenvalue weighted by Gasteiger charge is -2.11. The Hall–Kier alpha value is -4.13. The normalized spacial score (nSPS) is 12.5. The Kier molecular flexibility index (Phi) is 3.98. The average Bonchev–Trinajstić information content (AvgIpc) is 3.10. The average molecular weight is 383 g/mol. The van der Waals surface area contributed by atoms with Crippen LogP contribution in [0.1, 0.15) is 5.56 Å². The molecule has 1 aliphatic heterocycles. The fourth-order valence-electron chi connectivity index (χ4n) is 3.38. The molecule has 1 aliphatic rings. The minimum atomic E-state index is -0.000443. The molecule has 0 unspecified atom stereocenters. The molecule has 1 amide bonds. The molecule has 142 valence electrons. The van der Waals surface area contributed by atoms with E-state index in [0.717, 1.165) is 27.7 Å². The van der Waals surface area contributed by atoms with Gasteiger partial charge in [-0.25, -0.2) is 4.98 Å². The number of rotatable bonds is 4. The van der Waals surface area contributed by atoms with Crippen molar-refractivity contribution in [3.05, 3.63) is 72.4 Å². The molecule has 7 heteroatoms. The van der Waals surface area contributed by atoms with E-state index in [-0.39, 0.29) is 5.91 Å². The molecule has 1 aromatic heterocycles. The van der Waals surface area contributed by atoms with Gasteiger partial charge >= 0.3 is 0 Å². The molecule has 0 aliphatic carbocycles. The predicted octanol–water partition coefficient (Wildman–Crippen LogP) is 4.24. The van der Waals surface area contributed by atoms with Crippen LogP contribution in [0.15, 0.2) is 66.9 Å². The van der Waals surface area contributed by atoms with Gasteiger partial charge in [-0.2, -0.15) is 4.98 Å². The number of ether oxygens (including phenoxy) is 1. The van der Waals surface area contributed by atoms with E-state index >= 15 is 0 Å². The lowest BCUT2D eigenvalue weighted by Crippen LogP contribution is -2.03. The smallest absolute Gasteiger partial charge is 0.230 e. The number of aromatic nitrogens is 2. The maximum Gasteiger partial charge on any atom is 0.230 e. The van der Waals surface area contributed by atoms with Gasteiger partial charge in [-0.1, -0.05) is 30.3 Å². The van der Waals surface area contributed by atoms with Gasteiger partial charge in [0.05, 0.1) is 6.42 Å². The van der Waals surface area contributed by atoms with E-state index in [0.29, 0.717) is 29.7 Å². The zero-order chi connectivity index (χ0) is 19.8. The van der Waals surface area contributed by atoms with Crippen molar-refractivity contribution in [1.29, 1.82) is 0 Å². The van der Waals surface area contributed by atoms with Crippen LogP contribution in [-0.4, -0.2) is 15.9 Å². The number of anilines is 4. The van der Waals surface area contributed by atoms with Crippen LogP contribution in [0.5, 0.6) is 11.6 Å². The summed E-state index contributed by atoms with van der Waals surface area (Å²) in [6, 6.07) is 18.8. The van der Waals surface area contributed by atoms with E-state index in [1.54, 1.807) is 12.3 Å². The van der Waals surface area contributed by atoms with Crippen molar-refractivity contribution in [3.8, 4) is 11.6 Å². The van der Waals surface area contributed by atoms with Crippen LogP contribution in [-0.2, 0) is 11.2 Å². The van der Waals surface area contributed by atoms with Gasteiger partial charge in [-0.3, -0.25) is 4.79 Å². The van der Waals surface area contributed by atoms with Crippen molar-refractivity contribution < 1.29 is 9.53 Å². The molecule has 0 bridgehead atoms. The van der Waals surface area contributed by atoms with Crippen molar-refractivity contribution in [2.45, 2.75) is 6.42 Å². The molecule has 0 spiro atoms. The zero-order valence-electron chi connectivity index (χ0n) is 15.3. The quantitative estimate of drug-likeness (QED) is 0.456. The molecule has 4 N–H and O–H groups in total. The minimum Gasteiger partial charge on any atom is -0.438 e. The van der Waals surface area contributed by atoms with Crippen LogP contribution in [0.3, 0.4) is 0 Å². The summed E-state index contributed by atoms with van der Waals surface area (Å²) in [5.41, 5.74) is 9.32. The Morgan fingerprint density at radius 2 is 1.90 bits per heavy atom. The van der Waals surface area contributed by atoms with Gasteiger partial charge in [0, 0.05) is 40.1 Å². The van der Waals surface area contributed by atoms with E-state index < -0.39 is 0 Å². The van der Waals surface area contributed by atoms with Gasteiger partial charge in [-0.15, -0.1) is 0 Å². The number of nitrogens with two attached hydrogens (primary N) is 1. The number of hydrogen-bond donors (Lipinski definition) is 3. The van der Waals surface area contributed by atoms with Crippen molar-refractivity contribution in [1.82, 2.24) is 9.97 Å². The molecule has 0 fully saturated rings. The third-order valence-electron chi connectivity index (χ3n) is 4.75. The van der Waals surface area contributed by atoms with Gasteiger partial charge in [-0.05, 0) is 29.8 Å². The third-order valence-corrected chi connectivity index (χ3v) is 4.75. The SMILES string of the molecule is Nc1ccc(Oc2ccnc(Nc3ccc4c(c3)NC(=O)C4)n2)c2ccccc12. The van der Waals surface area contributed by atoms with Crippen LogP contribution in [0.25, 0.3) is 10.8 Å². The predicted molar refractivity (Wildman–Crippen MR) is 113 cm³/mol. The Bertz CT molecular complexity index is 1260. The van der Waals surface area contributed by atoms with Crippen LogP contribution in [0.4, 0.5) is 23.0 Å². The first kappa shape index (κ1) is 17.0. The van der Waals surface area contributed by atoms with Gasteiger partial charge in [0.25, 0.3) is 0 Å². The van der Waals surface area contributed by atoms with Crippen LogP contribution >= 0.6 is 0 Å². The molecule has 4 aromatic rings. The highest BCUT2D eigenvalue weighted by molar-refractivity contribution is 6.00. The summed E-state index contributed by atoms with van der Waals surface area (Å²) < 4.78 is 6.01. The Morgan fingerprint density at radius 1 is 1.03 bits per heavy atom. The largest absolute Gasteiger partial charge is 0.438 e. The summed E-state index contributed by atoms with van der Waals surface area (Å²) in [6.07, 6.45) is 2.03. The van der Waals surface area contributed by atoms with Crippen LogP contribution in [0, 0.1) is 0 Å². The minimum absolute atomic E-state index is 0.000443. The molecule has 29 heavy (non-hydrogen) atoms. The lowest BCUT2D eigenvalue weighted by atomic mass is 10.1. The number of carbonyl (C=O) groups is 1. The van der Waals surface area contributed by atoms with E-state index in [1.165, 1.54) is 0 Å². The van der Waals surface area contributed by atoms with Crippen LogP contribution in [0.2, 0.25) is 0 Å². The second-order valence-corrected chi connectivity index (χ2v) is 6.74. The second kappa shape index (κ2) is 6.79. The fourth-order valence-corrected chi connectivity index (χ4v) is 3.38. The molecule has 0 saturated heterocycles. The Balaban J connectivity index is 1.41. The molecule has 0 radical (unpaired) electrons. The number of nitrogens with zero attached hydrogens (tertiary/aromatic N) is 2. The molecule has 3 aromatic carbocycles. The lowest BCUT2D eigenvalue weighted by molar-refractivity contribution is -0.115.